The Kier molecular flexibility index (Phi) is 4.84. The van der Waals surface area contributed by atoms with Crippen LogP contribution in [0.4, 0.5) is 0 Å². The quantitative estimate of drug-likeness (QED) is 0.643. The summed E-state index contributed by atoms with van der Waals surface area (Å²) >= 11 is 9.24. The zero-order chi connectivity index (χ0) is 18.1. The molecule has 0 atom stereocenters. The molecule has 2 aromatic heterocycles. The van der Waals surface area contributed by atoms with Crippen LogP contribution in [0.5, 0.6) is 11.6 Å². The zero-order valence-corrected chi connectivity index (χ0v) is 15.8. The van der Waals surface area contributed by atoms with Crippen LogP contribution in [-0.4, -0.2) is 21.0 Å². The summed E-state index contributed by atoms with van der Waals surface area (Å²) in [6.07, 6.45) is -0.0108. The smallest absolute Gasteiger partial charge is 0.307 e. The predicted molar refractivity (Wildman–Crippen MR) is 103 cm³/mol. The standard InChI is InChI=1S/C18H13ClN2O3S2/c19-15-6-5-14(26-15)17-20-13-9-25-8-12(13)18(21-17)24-11-3-1-10(2-4-11)7-16(22)23/h1-6H,7-9H2,(H,22,23). The molecule has 0 saturated carbocycles. The average molecular weight is 405 g/mol. The third kappa shape index (κ3) is 3.70. The van der Waals surface area contributed by atoms with Crippen LogP contribution in [0.25, 0.3) is 10.7 Å². The second-order valence-corrected chi connectivity index (χ2v) is 8.39. The summed E-state index contributed by atoms with van der Waals surface area (Å²) in [6, 6.07) is 10.8. The molecule has 4 rings (SSSR count). The number of ether oxygens (including phenoxy) is 1. The van der Waals surface area contributed by atoms with Crippen LogP contribution in [0.1, 0.15) is 16.8 Å². The average Bonchev–Trinajstić information content (AvgIpc) is 3.25. The largest absolute Gasteiger partial charge is 0.481 e. The Hall–Kier alpha value is -2.09. The minimum absolute atomic E-state index is 0.0108. The van der Waals surface area contributed by atoms with Crippen molar-refractivity contribution in [3.63, 3.8) is 0 Å². The van der Waals surface area contributed by atoms with Crippen molar-refractivity contribution in [2.24, 2.45) is 0 Å². The van der Waals surface area contributed by atoms with E-state index < -0.39 is 5.97 Å². The first kappa shape index (κ1) is 17.3. The fourth-order valence-electron chi connectivity index (χ4n) is 2.61. The summed E-state index contributed by atoms with van der Waals surface area (Å²) in [5.41, 5.74) is 2.72. The lowest BCUT2D eigenvalue weighted by Gasteiger charge is -2.10. The molecule has 0 saturated heterocycles. The van der Waals surface area contributed by atoms with Crippen LogP contribution < -0.4 is 4.74 Å². The molecule has 0 aliphatic carbocycles. The molecule has 26 heavy (non-hydrogen) atoms. The summed E-state index contributed by atoms with van der Waals surface area (Å²) in [5.74, 6) is 2.56. The van der Waals surface area contributed by atoms with Crippen LogP contribution >= 0.6 is 34.7 Å². The summed E-state index contributed by atoms with van der Waals surface area (Å²) in [4.78, 5) is 21.0. The first-order valence-electron chi connectivity index (χ1n) is 7.80. The van der Waals surface area contributed by atoms with Gasteiger partial charge in [0.2, 0.25) is 5.88 Å². The van der Waals surface area contributed by atoms with Crippen LogP contribution in [0.3, 0.4) is 0 Å². The van der Waals surface area contributed by atoms with Gasteiger partial charge in [-0.2, -0.15) is 16.7 Å². The molecule has 0 spiro atoms. The number of carboxylic acid groups (broad SMARTS) is 1. The molecule has 3 aromatic rings. The van der Waals surface area contributed by atoms with Crippen LogP contribution in [0, 0.1) is 0 Å². The Balaban J connectivity index is 1.65. The van der Waals surface area contributed by atoms with Gasteiger partial charge in [0.05, 0.1) is 21.3 Å². The SMILES string of the molecule is O=C(O)Cc1ccc(Oc2nc(-c3ccc(Cl)s3)nc3c2CSC3)cc1. The van der Waals surface area contributed by atoms with E-state index in [0.29, 0.717) is 21.8 Å². The number of hydrogen-bond acceptors (Lipinski definition) is 6. The highest BCUT2D eigenvalue weighted by Gasteiger charge is 2.22. The van der Waals surface area contributed by atoms with E-state index in [1.165, 1.54) is 11.3 Å². The molecule has 1 aliphatic rings. The topological polar surface area (TPSA) is 72.3 Å². The van der Waals surface area contributed by atoms with Gasteiger partial charge in [-0.15, -0.1) is 11.3 Å². The van der Waals surface area contributed by atoms with Crippen molar-refractivity contribution in [1.82, 2.24) is 9.97 Å². The van der Waals surface area contributed by atoms with Crippen LogP contribution in [0.15, 0.2) is 36.4 Å². The Labute approximate surface area is 163 Å². The molecule has 1 N–H and O–H groups in total. The molecular formula is C18H13ClN2O3S2. The van der Waals surface area contributed by atoms with Gasteiger partial charge < -0.3 is 9.84 Å². The number of aromatic nitrogens is 2. The Morgan fingerprint density at radius 3 is 2.65 bits per heavy atom. The maximum atomic E-state index is 10.8. The maximum Gasteiger partial charge on any atom is 0.307 e. The van der Waals surface area contributed by atoms with E-state index in [4.69, 9.17) is 21.4 Å². The number of rotatable bonds is 5. The molecule has 1 aliphatic heterocycles. The van der Waals surface area contributed by atoms with Crippen molar-refractivity contribution in [3.8, 4) is 22.3 Å². The highest BCUT2D eigenvalue weighted by Crippen LogP contribution is 2.39. The number of fused-ring (bicyclic) bond motifs is 1. The first-order chi connectivity index (χ1) is 12.6. The molecule has 3 heterocycles. The number of thiophene rings is 1. The highest BCUT2D eigenvalue weighted by atomic mass is 35.5. The molecule has 1 aromatic carbocycles. The van der Waals surface area contributed by atoms with Crippen molar-refractivity contribution >= 4 is 40.7 Å². The van der Waals surface area contributed by atoms with Crippen molar-refractivity contribution in [2.75, 3.05) is 0 Å². The van der Waals surface area contributed by atoms with E-state index in [9.17, 15) is 4.79 Å². The normalized spacial score (nSPS) is 12.8. The fourth-order valence-corrected chi connectivity index (χ4v) is 4.62. The molecule has 0 bridgehead atoms. The third-order valence-electron chi connectivity index (χ3n) is 3.83. The minimum Gasteiger partial charge on any atom is -0.481 e. The summed E-state index contributed by atoms with van der Waals surface area (Å²) in [6.45, 7) is 0. The molecule has 132 valence electrons. The van der Waals surface area contributed by atoms with Crippen molar-refractivity contribution in [1.29, 1.82) is 0 Å². The molecule has 8 heteroatoms. The van der Waals surface area contributed by atoms with Gasteiger partial charge in [0.25, 0.3) is 0 Å². The van der Waals surface area contributed by atoms with Gasteiger partial charge in [-0.25, -0.2) is 4.98 Å². The molecule has 0 fully saturated rings. The number of carboxylic acids is 1. The van der Waals surface area contributed by atoms with Gasteiger partial charge in [0.1, 0.15) is 5.75 Å². The van der Waals surface area contributed by atoms with E-state index in [1.807, 2.05) is 12.1 Å². The molecule has 0 radical (unpaired) electrons. The second kappa shape index (κ2) is 7.26. The highest BCUT2D eigenvalue weighted by molar-refractivity contribution is 7.98. The number of benzene rings is 1. The summed E-state index contributed by atoms with van der Waals surface area (Å²) < 4.78 is 6.70. The maximum absolute atomic E-state index is 10.8. The monoisotopic (exact) mass is 404 g/mol. The number of aliphatic carboxylic acids is 1. The van der Waals surface area contributed by atoms with Gasteiger partial charge >= 0.3 is 5.97 Å². The van der Waals surface area contributed by atoms with Gasteiger partial charge in [0.15, 0.2) is 5.82 Å². The third-order valence-corrected chi connectivity index (χ3v) is 6.02. The number of carbonyl (C=O) groups is 1. The van der Waals surface area contributed by atoms with Gasteiger partial charge in [-0.05, 0) is 29.8 Å². The molecule has 5 nitrogen and oxygen atoms in total. The van der Waals surface area contributed by atoms with Crippen molar-refractivity contribution < 1.29 is 14.6 Å². The van der Waals surface area contributed by atoms with Crippen molar-refractivity contribution in [2.45, 2.75) is 17.9 Å². The lowest BCUT2D eigenvalue weighted by Crippen LogP contribution is -2.01. The lowest BCUT2D eigenvalue weighted by atomic mass is 10.1. The predicted octanol–water partition coefficient (Wildman–Crippen LogP) is 5.02. The number of hydrogen-bond donors (Lipinski definition) is 1. The Bertz CT molecular complexity index is 973. The molecule has 0 amide bonds. The van der Waals surface area contributed by atoms with E-state index in [2.05, 4.69) is 9.97 Å². The first-order valence-corrected chi connectivity index (χ1v) is 10.2. The zero-order valence-electron chi connectivity index (χ0n) is 13.4. The van der Waals surface area contributed by atoms with Crippen LogP contribution in [0.2, 0.25) is 4.34 Å². The van der Waals surface area contributed by atoms with E-state index >= 15 is 0 Å². The summed E-state index contributed by atoms with van der Waals surface area (Å²) in [5, 5.41) is 8.86. The molecular weight excluding hydrogens is 392 g/mol. The Morgan fingerprint density at radius 2 is 1.96 bits per heavy atom. The van der Waals surface area contributed by atoms with E-state index in [-0.39, 0.29) is 6.42 Å². The number of thioether (sulfide) groups is 1. The lowest BCUT2D eigenvalue weighted by molar-refractivity contribution is -0.136. The van der Waals surface area contributed by atoms with E-state index in [0.717, 1.165) is 33.2 Å². The number of halogens is 1. The minimum atomic E-state index is -0.858. The van der Waals surface area contributed by atoms with E-state index in [1.54, 1.807) is 36.0 Å². The fraction of sp³-hybridized carbons (Fsp3) is 0.167. The number of nitrogens with zero attached hydrogens (tertiary/aromatic N) is 2. The second-order valence-electron chi connectivity index (χ2n) is 5.69. The molecule has 0 unspecified atom stereocenters. The Morgan fingerprint density at radius 1 is 1.15 bits per heavy atom. The summed E-state index contributed by atoms with van der Waals surface area (Å²) in [7, 11) is 0. The van der Waals surface area contributed by atoms with Gasteiger partial charge in [0, 0.05) is 17.1 Å². The van der Waals surface area contributed by atoms with Gasteiger partial charge in [-0.1, -0.05) is 23.7 Å². The van der Waals surface area contributed by atoms with Crippen LogP contribution in [-0.2, 0) is 22.7 Å². The van der Waals surface area contributed by atoms with Gasteiger partial charge in [-0.3, -0.25) is 4.79 Å². The van der Waals surface area contributed by atoms with Crippen molar-refractivity contribution in [3.05, 3.63) is 57.6 Å².